The topological polar surface area (TPSA) is 52.9 Å². The molecule has 0 spiro atoms. The van der Waals surface area contributed by atoms with Crippen LogP contribution in [0, 0.1) is 13.1 Å². The smallest absolute Gasteiger partial charge is 0.267 e. The second-order valence-electron chi connectivity index (χ2n) is 7.67. The van der Waals surface area contributed by atoms with Crippen LogP contribution in [0.25, 0.3) is 6.08 Å². The number of carbonyl (C=O) groups is 1. The summed E-state index contributed by atoms with van der Waals surface area (Å²) in [6.45, 7) is 2.23. The zero-order valence-corrected chi connectivity index (χ0v) is 21.6. The van der Waals surface area contributed by atoms with E-state index in [1.54, 1.807) is 6.08 Å². The Kier molecular flexibility index (Phi) is 7.08. The Hall–Kier alpha value is -1.07. The number of aliphatic imine (C=N–C) groups is 1. The summed E-state index contributed by atoms with van der Waals surface area (Å²) < 4.78 is 1.80. The van der Waals surface area contributed by atoms with Gasteiger partial charge in [-0.1, -0.05) is 38.0 Å². The standard InChI is InChI=1S/C23H22I2N2O2S/c1-14-7-5-6-10-19(14)27-22(29)20(12-15-11-16(24)13-18(25)21(15)28)30-23(27)26-17-8-3-2-4-9-17/h2-4,8-9,11-14,19,28H,5-7,10H2,1H3/b20-12-,26-23?/t14-,19+/m0/s1. The average molecular weight is 644 g/mol. The highest BCUT2D eigenvalue weighted by atomic mass is 127. The molecule has 0 unspecified atom stereocenters. The molecule has 1 N–H and O–H groups in total. The van der Waals surface area contributed by atoms with Crippen molar-refractivity contribution >= 4 is 79.8 Å². The normalized spacial score (nSPS) is 24.8. The number of thioether (sulfide) groups is 1. The van der Waals surface area contributed by atoms with E-state index in [0.717, 1.165) is 37.3 Å². The molecular formula is C23H22I2N2O2S. The molecule has 1 heterocycles. The van der Waals surface area contributed by atoms with Crippen LogP contribution >= 0.6 is 56.9 Å². The summed E-state index contributed by atoms with van der Waals surface area (Å²) >= 11 is 5.75. The van der Waals surface area contributed by atoms with Crippen molar-refractivity contribution in [2.24, 2.45) is 10.9 Å². The van der Waals surface area contributed by atoms with Gasteiger partial charge in [-0.25, -0.2) is 4.99 Å². The number of carbonyl (C=O) groups excluding carboxylic acids is 1. The minimum absolute atomic E-state index is 0.0123. The Bertz CT molecular complexity index is 1020. The molecule has 0 bridgehead atoms. The maximum atomic E-state index is 13.5. The molecule has 2 aromatic carbocycles. The van der Waals surface area contributed by atoms with Crippen LogP contribution < -0.4 is 0 Å². The molecule has 1 aliphatic heterocycles. The number of amidine groups is 1. The van der Waals surface area contributed by atoms with E-state index >= 15 is 0 Å². The van der Waals surface area contributed by atoms with Gasteiger partial charge in [0.1, 0.15) is 5.75 Å². The Labute approximate surface area is 208 Å². The van der Waals surface area contributed by atoms with Gasteiger partial charge < -0.3 is 5.11 Å². The van der Waals surface area contributed by atoms with E-state index in [9.17, 15) is 9.90 Å². The number of aromatic hydroxyl groups is 1. The summed E-state index contributed by atoms with van der Waals surface area (Å²) in [6, 6.07) is 13.8. The van der Waals surface area contributed by atoms with Gasteiger partial charge >= 0.3 is 0 Å². The number of benzene rings is 2. The highest BCUT2D eigenvalue weighted by Crippen LogP contribution is 2.41. The van der Waals surface area contributed by atoms with Crippen molar-refractivity contribution in [1.82, 2.24) is 4.90 Å². The van der Waals surface area contributed by atoms with E-state index in [0.29, 0.717) is 16.4 Å². The van der Waals surface area contributed by atoms with Crippen molar-refractivity contribution < 1.29 is 9.90 Å². The lowest BCUT2D eigenvalue weighted by Gasteiger charge is -2.35. The lowest BCUT2D eigenvalue weighted by molar-refractivity contribution is -0.124. The number of phenolic OH excluding ortho intramolecular Hbond substituents is 1. The Morgan fingerprint density at radius 2 is 1.90 bits per heavy atom. The number of amides is 1. The quantitative estimate of drug-likeness (QED) is 0.296. The third kappa shape index (κ3) is 4.72. The molecule has 1 saturated carbocycles. The molecule has 2 aromatic rings. The maximum Gasteiger partial charge on any atom is 0.267 e. The average Bonchev–Trinajstić information content (AvgIpc) is 3.02. The zero-order chi connectivity index (χ0) is 21.3. The number of nitrogens with zero attached hydrogens (tertiary/aromatic N) is 2. The number of hydrogen-bond acceptors (Lipinski definition) is 4. The molecule has 0 radical (unpaired) electrons. The summed E-state index contributed by atoms with van der Waals surface area (Å²) in [7, 11) is 0. The number of hydrogen-bond donors (Lipinski definition) is 1. The van der Waals surface area contributed by atoms with Gasteiger partial charge in [-0.15, -0.1) is 0 Å². The molecular weight excluding hydrogens is 622 g/mol. The first-order chi connectivity index (χ1) is 14.4. The van der Waals surface area contributed by atoms with Crippen LogP contribution in [0.3, 0.4) is 0 Å². The van der Waals surface area contributed by atoms with Gasteiger partial charge in [0.25, 0.3) is 5.91 Å². The SMILES string of the molecule is C[C@H]1CCCC[C@H]1N1C(=O)/C(=C/c2cc(I)cc(I)c2O)SC1=Nc1ccccc1. The van der Waals surface area contributed by atoms with Gasteiger partial charge in [-0.2, -0.15) is 0 Å². The van der Waals surface area contributed by atoms with E-state index in [1.807, 2.05) is 47.4 Å². The van der Waals surface area contributed by atoms with E-state index < -0.39 is 0 Å². The number of halogens is 2. The van der Waals surface area contributed by atoms with E-state index in [1.165, 1.54) is 18.2 Å². The van der Waals surface area contributed by atoms with Crippen molar-refractivity contribution in [3.05, 3.63) is 60.1 Å². The van der Waals surface area contributed by atoms with E-state index in [-0.39, 0.29) is 17.7 Å². The molecule has 2 atom stereocenters. The van der Waals surface area contributed by atoms with Gasteiger partial charge in [0.05, 0.1) is 14.2 Å². The van der Waals surface area contributed by atoms with Crippen LogP contribution in [0.1, 0.15) is 38.2 Å². The lowest BCUT2D eigenvalue weighted by atomic mass is 9.85. The molecule has 4 rings (SSSR count). The summed E-state index contributed by atoms with van der Waals surface area (Å²) in [6.07, 6.45) is 6.29. The Balaban J connectivity index is 1.76. The minimum atomic E-state index is -0.0123. The molecule has 30 heavy (non-hydrogen) atoms. The van der Waals surface area contributed by atoms with Gasteiger partial charge in [-0.3, -0.25) is 9.69 Å². The third-order valence-electron chi connectivity index (χ3n) is 5.56. The summed E-state index contributed by atoms with van der Waals surface area (Å²) in [5.74, 6) is 0.639. The summed E-state index contributed by atoms with van der Waals surface area (Å²) in [5, 5.41) is 11.2. The van der Waals surface area contributed by atoms with Crippen molar-refractivity contribution in [3.63, 3.8) is 0 Å². The number of para-hydroxylation sites is 1. The van der Waals surface area contributed by atoms with E-state index in [2.05, 4.69) is 52.1 Å². The van der Waals surface area contributed by atoms with E-state index in [4.69, 9.17) is 4.99 Å². The first kappa shape index (κ1) is 22.1. The molecule has 2 fully saturated rings. The monoisotopic (exact) mass is 644 g/mol. The van der Waals surface area contributed by atoms with Crippen LogP contribution in [0.15, 0.2) is 52.4 Å². The van der Waals surface area contributed by atoms with Crippen molar-refractivity contribution in [3.8, 4) is 5.75 Å². The van der Waals surface area contributed by atoms with Crippen LogP contribution in [-0.4, -0.2) is 27.1 Å². The predicted molar refractivity (Wildman–Crippen MR) is 141 cm³/mol. The lowest BCUT2D eigenvalue weighted by Crippen LogP contribution is -2.44. The Morgan fingerprint density at radius 3 is 2.63 bits per heavy atom. The van der Waals surface area contributed by atoms with Gasteiger partial charge in [0, 0.05) is 15.2 Å². The molecule has 0 aromatic heterocycles. The molecule has 2 aliphatic rings. The van der Waals surface area contributed by atoms with Crippen molar-refractivity contribution in [1.29, 1.82) is 0 Å². The fourth-order valence-electron chi connectivity index (χ4n) is 3.99. The highest BCUT2D eigenvalue weighted by Gasteiger charge is 2.41. The first-order valence-corrected chi connectivity index (χ1v) is 13.0. The largest absolute Gasteiger partial charge is 0.506 e. The number of rotatable bonds is 3. The number of phenols is 1. The first-order valence-electron chi connectivity index (χ1n) is 9.99. The van der Waals surface area contributed by atoms with Gasteiger partial charge in [0.15, 0.2) is 5.17 Å². The van der Waals surface area contributed by atoms with Gasteiger partial charge in [0.2, 0.25) is 0 Å². The van der Waals surface area contributed by atoms with Gasteiger partial charge in [-0.05, 0) is 106 Å². The van der Waals surface area contributed by atoms with Crippen LogP contribution in [0.5, 0.6) is 5.75 Å². The minimum Gasteiger partial charge on any atom is -0.506 e. The summed E-state index contributed by atoms with van der Waals surface area (Å²) in [4.78, 5) is 20.8. The van der Waals surface area contributed by atoms with Crippen molar-refractivity contribution in [2.75, 3.05) is 0 Å². The highest BCUT2D eigenvalue weighted by molar-refractivity contribution is 14.1. The second-order valence-corrected chi connectivity index (χ2v) is 11.1. The Morgan fingerprint density at radius 1 is 1.17 bits per heavy atom. The predicted octanol–water partition coefficient (Wildman–Crippen LogP) is 6.78. The maximum absolute atomic E-state index is 13.5. The van der Waals surface area contributed by atoms with Crippen LogP contribution in [0.4, 0.5) is 5.69 Å². The molecule has 1 aliphatic carbocycles. The van der Waals surface area contributed by atoms with Crippen molar-refractivity contribution in [2.45, 2.75) is 38.6 Å². The molecule has 4 nitrogen and oxygen atoms in total. The fraction of sp³-hybridized carbons (Fsp3) is 0.304. The van der Waals surface area contributed by atoms with Crippen LogP contribution in [-0.2, 0) is 4.79 Å². The third-order valence-corrected chi connectivity index (χ3v) is 7.99. The second kappa shape index (κ2) is 9.60. The molecule has 1 saturated heterocycles. The fourth-order valence-corrected chi connectivity index (χ4v) is 6.91. The zero-order valence-electron chi connectivity index (χ0n) is 16.5. The summed E-state index contributed by atoms with van der Waals surface area (Å²) in [5.41, 5.74) is 1.51. The molecule has 156 valence electrons. The molecule has 1 amide bonds. The van der Waals surface area contributed by atoms with Crippen LogP contribution in [0.2, 0.25) is 0 Å². The molecule has 7 heteroatoms.